The number of hydrogen-bond acceptors (Lipinski definition) is 4. The summed E-state index contributed by atoms with van der Waals surface area (Å²) in [4.78, 5) is 0. The third-order valence-electron chi connectivity index (χ3n) is 9.83. The molecule has 2 heterocycles. The van der Waals surface area contributed by atoms with E-state index in [4.69, 9.17) is 18.9 Å². The highest BCUT2D eigenvalue weighted by Crippen LogP contribution is 2.41. The molecule has 4 aromatic carbocycles. The molecule has 0 N–H and O–H groups in total. The molecule has 0 aromatic heterocycles. The van der Waals surface area contributed by atoms with E-state index in [2.05, 4.69) is 13.8 Å². The van der Waals surface area contributed by atoms with Crippen LogP contribution >= 0.6 is 0 Å². The lowest BCUT2D eigenvalue weighted by Crippen LogP contribution is -2.39. The van der Waals surface area contributed by atoms with Gasteiger partial charge in [0.2, 0.25) is 0 Å². The van der Waals surface area contributed by atoms with Gasteiger partial charge >= 0.3 is 12.2 Å². The van der Waals surface area contributed by atoms with Gasteiger partial charge in [0.1, 0.15) is 36.1 Å². The van der Waals surface area contributed by atoms with Crippen LogP contribution in [0, 0.1) is 11.6 Å². The Morgan fingerprint density at radius 2 is 0.942 bits per heavy atom. The van der Waals surface area contributed by atoms with E-state index in [0.717, 1.165) is 62.5 Å². The standard InChI is InChI=1S/C42H44F6O4/c1-3-5-7-9-27-11-21-33(35(43)23-27)29-13-17-31(18-14-29)41(45,46)51-37-25-49-40-38(26-50-39(37)40)52-42(47,48)32-19-15-30(16-20-32)34-22-12-28(24-36(34)44)10-8-6-4-2/h11-24,37-40H,3-10,25-26H2,1-2H3/t37-,38+,39-,40-/m0/s1. The molecule has 4 atom stereocenters. The van der Waals surface area contributed by atoms with Gasteiger partial charge in [0, 0.05) is 11.1 Å². The molecule has 0 unspecified atom stereocenters. The van der Waals surface area contributed by atoms with Gasteiger partial charge in [-0.2, -0.15) is 17.6 Å². The van der Waals surface area contributed by atoms with Gasteiger partial charge < -0.3 is 18.9 Å². The third-order valence-corrected chi connectivity index (χ3v) is 9.83. The van der Waals surface area contributed by atoms with Crippen LogP contribution in [0.25, 0.3) is 22.3 Å². The van der Waals surface area contributed by atoms with E-state index in [9.17, 15) is 8.78 Å². The van der Waals surface area contributed by atoms with E-state index >= 15 is 17.6 Å². The second-order valence-corrected chi connectivity index (χ2v) is 13.6. The number of unbranched alkanes of at least 4 members (excludes halogenated alkanes) is 4. The van der Waals surface area contributed by atoms with Crippen LogP contribution in [0.15, 0.2) is 84.9 Å². The molecule has 2 saturated heterocycles. The van der Waals surface area contributed by atoms with Crippen LogP contribution in [-0.2, 0) is 44.0 Å². The summed E-state index contributed by atoms with van der Waals surface area (Å²) in [6.07, 6.45) is -4.48. The number of rotatable bonds is 16. The number of fused-ring (bicyclic) bond motifs is 1. The summed E-state index contributed by atoms with van der Waals surface area (Å²) in [5.74, 6) is -0.851. The number of hydrogen-bond donors (Lipinski definition) is 0. The Morgan fingerprint density at radius 3 is 1.29 bits per heavy atom. The normalized spacial score (nSPS) is 20.4. The Kier molecular flexibility index (Phi) is 12.1. The van der Waals surface area contributed by atoms with Crippen LogP contribution in [-0.4, -0.2) is 37.6 Å². The van der Waals surface area contributed by atoms with Gasteiger partial charge in [-0.05, 0) is 84.3 Å². The Labute approximate surface area is 301 Å². The number of ether oxygens (including phenoxy) is 4. The fourth-order valence-electron chi connectivity index (χ4n) is 6.89. The zero-order valence-electron chi connectivity index (χ0n) is 29.4. The lowest BCUT2D eigenvalue weighted by molar-refractivity contribution is -0.286. The molecule has 4 nitrogen and oxygen atoms in total. The molecule has 6 rings (SSSR count). The molecule has 0 amide bonds. The van der Waals surface area contributed by atoms with Crippen molar-refractivity contribution < 1.29 is 45.3 Å². The second-order valence-electron chi connectivity index (χ2n) is 13.6. The molecule has 0 spiro atoms. The molecule has 2 aliphatic rings. The van der Waals surface area contributed by atoms with E-state index in [1.165, 1.54) is 60.7 Å². The largest absolute Gasteiger partial charge is 0.383 e. The fraction of sp³-hybridized carbons (Fsp3) is 0.429. The maximum absolute atomic E-state index is 15.3. The molecule has 0 saturated carbocycles. The van der Waals surface area contributed by atoms with Crippen molar-refractivity contribution in [1.29, 1.82) is 0 Å². The van der Waals surface area contributed by atoms with Crippen LogP contribution in [0.1, 0.15) is 74.6 Å². The molecule has 2 fully saturated rings. The first-order valence-corrected chi connectivity index (χ1v) is 18.1. The Hall–Kier alpha value is -3.70. The minimum atomic E-state index is -3.77. The van der Waals surface area contributed by atoms with Crippen molar-refractivity contribution in [3.8, 4) is 22.3 Å². The van der Waals surface area contributed by atoms with Crippen LogP contribution in [0.3, 0.4) is 0 Å². The predicted octanol–water partition coefficient (Wildman–Crippen LogP) is 11.1. The van der Waals surface area contributed by atoms with Crippen molar-refractivity contribution >= 4 is 0 Å². The SMILES string of the molecule is CCCCCc1ccc(-c2ccc(C(F)(F)O[C@H]3CO[C@@H]4[C@H]3OC[C@H]4OC(F)(F)c3ccc(-c4ccc(CCCCC)cc4F)cc3)cc2)c(F)c1. The number of alkyl halides is 4. The second kappa shape index (κ2) is 16.5. The Balaban J connectivity index is 1.05. The van der Waals surface area contributed by atoms with Crippen molar-refractivity contribution in [1.82, 2.24) is 0 Å². The van der Waals surface area contributed by atoms with Gasteiger partial charge in [-0.25, -0.2) is 8.78 Å². The smallest absolute Gasteiger partial charge is 0.370 e. The van der Waals surface area contributed by atoms with Crippen molar-refractivity contribution in [2.24, 2.45) is 0 Å². The van der Waals surface area contributed by atoms with Crippen molar-refractivity contribution in [2.45, 2.75) is 102 Å². The summed E-state index contributed by atoms with van der Waals surface area (Å²) in [7, 11) is 0. The van der Waals surface area contributed by atoms with Gasteiger partial charge in [0.15, 0.2) is 0 Å². The molecule has 0 bridgehead atoms. The minimum Gasteiger partial charge on any atom is -0.370 e. The van der Waals surface area contributed by atoms with Crippen LogP contribution in [0.2, 0.25) is 0 Å². The van der Waals surface area contributed by atoms with Crippen LogP contribution in [0.4, 0.5) is 26.3 Å². The summed E-state index contributed by atoms with van der Waals surface area (Å²) < 4.78 is 113. The van der Waals surface area contributed by atoms with E-state index in [-0.39, 0.29) is 13.2 Å². The monoisotopic (exact) mass is 726 g/mol. The summed E-state index contributed by atoms with van der Waals surface area (Å²) >= 11 is 0. The average molecular weight is 727 g/mol. The van der Waals surface area contributed by atoms with Crippen molar-refractivity contribution in [3.05, 3.63) is 119 Å². The lowest BCUT2D eigenvalue weighted by atomic mass is 9.99. The summed E-state index contributed by atoms with van der Waals surface area (Å²) in [6, 6.07) is 20.3. The van der Waals surface area contributed by atoms with Gasteiger partial charge in [0.25, 0.3) is 0 Å². The van der Waals surface area contributed by atoms with Crippen LogP contribution in [0.5, 0.6) is 0 Å². The summed E-state index contributed by atoms with van der Waals surface area (Å²) in [6.45, 7) is 3.56. The maximum atomic E-state index is 15.3. The van der Waals surface area contributed by atoms with Gasteiger partial charge in [-0.1, -0.05) is 88.1 Å². The first-order valence-electron chi connectivity index (χ1n) is 18.1. The fourth-order valence-corrected chi connectivity index (χ4v) is 6.89. The van der Waals surface area contributed by atoms with E-state index in [0.29, 0.717) is 22.3 Å². The van der Waals surface area contributed by atoms with Crippen LogP contribution < -0.4 is 0 Å². The highest BCUT2D eigenvalue weighted by Gasteiger charge is 2.54. The highest BCUT2D eigenvalue weighted by atomic mass is 19.3. The molecule has 10 heteroatoms. The molecular formula is C42H44F6O4. The maximum Gasteiger partial charge on any atom is 0.383 e. The van der Waals surface area contributed by atoms with E-state index in [1.807, 2.05) is 12.1 Å². The highest BCUT2D eigenvalue weighted by molar-refractivity contribution is 5.66. The molecule has 4 aromatic rings. The Morgan fingerprint density at radius 1 is 0.558 bits per heavy atom. The van der Waals surface area contributed by atoms with E-state index < -0.39 is 59.4 Å². The summed E-state index contributed by atoms with van der Waals surface area (Å²) in [5.41, 5.74) is 2.34. The molecule has 2 aliphatic heterocycles. The number of aryl methyl sites for hydroxylation is 2. The summed E-state index contributed by atoms with van der Waals surface area (Å²) in [5, 5.41) is 0. The first-order chi connectivity index (χ1) is 25.0. The quantitative estimate of drug-likeness (QED) is 0.0851. The van der Waals surface area contributed by atoms with E-state index in [1.54, 1.807) is 12.1 Å². The predicted molar refractivity (Wildman–Crippen MR) is 187 cm³/mol. The first kappa shape index (κ1) is 38.0. The molecule has 52 heavy (non-hydrogen) atoms. The molecule has 278 valence electrons. The number of benzene rings is 4. The topological polar surface area (TPSA) is 36.9 Å². The van der Waals surface area contributed by atoms with Gasteiger partial charge in [0.05, 0.1) is 24.3 Å². The molecular weight excluding hydrogens is 682 g/mol. The minimum absolute atomic E-state index is 0.303. The number of halogens is 6. The van der Waals surface area contributed by atoms with Crippen molar-refractivity contribution in [3.63, 3.8) is 0 Å². The lowest BCUT2D eigenvalue weighted by Gasteiger charge is -2.24. The van der Waals surface area contributed by atoms with Gasteiger partial charge in [-0.15, -0.1) is 0 Å². The van der Waals surface area contributed by atoms with Gasteiger partial charge in [-0.3, -0.25) is 0 Å². The molecule has 0 aliphatic carbocycles. The average Bonchev–Trinajstić information content (AvgIpc) is 3.71. The zero-order chi connectivity index (χ0) is 36.9. The zero-order valence-corrected chi connectivity index (χ0v) is 29.4. The van der Waals surface area contributed by atoms with Crippen molar-refractivity contribution in [2.75, 3.05) is 13.2 Å². The molecule has 0 radical (unpaired) electrons. The Bertz CT molecular complexity index is 1650. The third kappa shape index (κ3) is 8.73.